The van der Waals surface area contributed by atoms with Crippen LogP contribution in [0.5, 0.6) is 0 Å². The number of hydrogen-bond donors (Lipinski definition) is 1. The number of nitrogens with zero attached hydrogens (tertiary/aromatic N) is 1. The summed E-state index contributed by atoms with van der Waals surface area (Å²) in [5.74, 6) is 0. The predicted octanol–water partition coefficient (Wildman–Crippen LogP) is 2.16. The van der Waals surface area contributed by atoms with E-state index in [1.54, 1.807) is 0 Å². The summed E-state index contributed by atoms with van der Waals surface area (Å²) in [6, 6.07) is 0.749. The number of hydrogen-bond acceptors (Lipinski definition) is 3. The lowest BCUT2D eigenvalue weighted by Crippen LogP contribution is -2.41. The number of ether oxygens (including phenoxy) is 1. The van der Waals surface area contributed by atoms with Crippen molar-refractivity contribution in [2.45, 2.75) is 69.1 Å². The average Bonchev–Trinajstić information content (AvgIpc) is 3.06. The van der Waals surface area contributed by atoms with Crippen molar-refractivity contribution < 1.29 is 4.74 Å². The van der Waals surface area contributed by atoms with Crippen LogP contribution in [0, 0.1) is 0 Å². The Morgan fingerprint density at radius 1 is 1.17 bits per heavy atom. The Labute approximate surface area is 111 Å². The fourth-order valence-electron chi connectivity index (χ4n) is 4.28. The second-order valence-electron chi connectivity index (χ2n) is 6.52. The first-order chi connectivity index (χ1) is 8.81. The third-order valence-corrected chi connectivity index (χ3v) is 5.23. The lowest BCUT2D eigenvalue weighted by atomic mass is 9.98. The quantitative estimate of drug-likeness (QED) is 0.830. The molecule has 3 aliphatic rings. The van der Waals surface area contributed by atoms with Crippen molar-refractivity contribution in [2.24, 2.45) is 0 Å². The highest BCUT2D eigenvalue weighted by atomic mass is 16.5. The molecule has 0 aromatic rings. The third-order valence-electron chi connectivity index (χ3n) is 5.23. The number of likely N-dealkylation sites (N-methyl/N-ethyl adjacent to an activating group) is 1. The Morgan fingerprint density at radius 2 is 2.00 bits per heavy atom. The molecule has 3 nitrogen and oxygen atoms in total. The van der Waals surface area contributed by atoms with Gasteiger partial charge in [0.15, 0.2) is 0 Å². The van der Waals surface area contributed by atoms with Crippen molar-refractivity contribution >= 4 is 0 Å². The molecule has 0 amide bonds. The van der Waals surface area contributed by atoms with Crippen LogP contribution < -0.4 is 5.32 Å². The molecule has 0 aromatic heterocycles. The summed E-state index contributed by atoms with van der Waals surface area (Å²) in [4.78, 5) is 2.66. The van der Waals surface area contributed by atoms with E-state index in [0.717, 1.165) is 12.6 Å². The molecule has 2 atom stereocenters. The standard InChI is InChI=1S/C15H28N2O/c1-16-11-13-5-4-10-17(13)12-14-6-9-15(18-14)7-2-3-8-15/h13-14,16H,2-12H2,1H3. The largest absolute Gasteiger partial charge is 0.370 e. The fraction of sp³-hybridized carbons (Fsp3) is 1.00. The van der Waals surface area contributed by atoms with Crippen molar-refractivity contribution in [3.63, 3.8) is 0 Å². The van der Waals surface area contributed by atoms with Crippen molar-refractivity contribution in [2.75, 3.05) is 26.7 Å². The highest BCUT2D eigenvalue weighted by Gasteiger charge is 2.43. The smallest absolute Gasteiger partial charge is 0.0710 e. The van der Waals surface area contributed by atoms with Gasteiger partial charge in [0.2, 0.25) is 0 Å². The van der Waals surface area contributed by atoms with E-state index in [1.807, 2.05) is 0 Å². The molecule has 0 aromatic carbocycles. The summed E-state index contributed by atoms with van der Waals surface area (Å²) in [5.41, 5.74) is 0.308. The van der Waals surface area contributed by atoms with Gasteiger partial charge >= 0.3 is 0 Å². The van der Waals surface area contributed by atoms with Gasteiger partial charge in [-0.05, 0) is 52.1 Å². The number of likely N-dealkylation sites (tertiary alicyclic amines) is 1. The summed E-state index contributed by atoms with van der Waals surface area (Å²) >= 11 is 0. The number of nitrogens with one attached hydrogen (secondary N) is 1. The normalized spacial score (nSPS) is 35.8. The van der Waals surface area contributed by atoms with E-state index in [-0.39, 0.29) is 0 Å². The summed E-state index contributed by atoms with van der Waals surface area (Å²) in [6.07, 6.45) is 11.3. The van der Waals surface area contributed by atoms with E-state index in [0.29, 0.717) is 11.7 Å². The second kappa shape index (κ2) is 5.48. The van der Waals surface area contributed by atoms with Crippen LogP contribution in [-0.2, 0) is 4.74 Å². The van der Waals surface area contributed by atoms with Gasteiger partial charge in [-0.1, -0.05) is 12.8 Å². The van der Waals surface area contributed by atoms with Gasteiger partial charge in [-0.15, -0.1) is 0 Å². The first-order valence-corrected chi connectivity index (χ1v) is 7.88. The molecular weight excluding hydrogens is 224 g/mol. The van der Waals surface area contributed by atoms with Crippen LogP contribution in [0.2, 0.25) is 0 Å². The van der Waals surface area contributed by atoms with E-state index in [2.05, 4.69) is 17.3 Å². The van der Waals surface area contributed by atoms with Crippen LogP contribution in [0.4, 0.5) is 0 Å². The zero-order chi connectivity index (χ0) is 12.4. The van der Waals surface area contributed by atoms with Crippen molar-refractivity contribution in [3.05, 3.63) is 0 Å². The molecule has 3 rings (SSSR count). The lowest BCUT2D eigenvalue weighted by molar-refractivity contribution is -0.0483. The molecule has 1 aliphatic carbocycles. The average molecular weight is 252 g/mol. The van der Waals surface area contributed by atoms with Gasteiger partial charge in [-0.2, -0.15) is 0 Å². The molecule has 2 heterocycles. The molecule has 2 aliphatic heterocycles. The molecule has 0 radical (unpaired) electrons. The van der Waals surface area contributed by atoms with Gasteiger partial charge in [-0.25, -0.2) is 0 Å². The van der Waals surface area contributed by atoms with Gasteiger partial charge < -0.3 is 10.1 Å². The zero-order valence-corrected chi connectivity index (χ0v) is 11.8. The third kappa shape index (κ3) is 2.59. The Morgan fingerprint density at radius 3 is 2.78 bits per heavy atom. The van der Waals surface area contributed by atoms with Gasteiger partial charge in [-0.3, -0.25) is 4.90 Å². The van der Waals surface area contributed by atoms with Crippen molar-refractivity contribution in [1.29, 1.82) is 0 Å². The maximum absolute atomic E-state index is 6.44. The fourth-order valence-corrected chi connectivity index (χ4v) is 4.28. The maximum Gasteiger partial charge on any atom is 0.0710 e. The van der Waals surface area contributed by atoms with E-state index < -0.39 is 0 Å². The minimum absolute atomic E-state index is 0.308. The monoisotopic (exact) mass is 252 g/mol. The molecule has 0 bridgehead atoms. The van der Waals surface area contributed by atoms with E-state index >= 15 is 0 Å². The SMILES string of the molecule is CNCC1CCCN1CC1CCC2(CCCC2)O1. The molecule has 1 spiro atoms. The summed E-state index contributed by atoms with van der Waals surface area (Å²) < 4.78 is 6.44. The van der Waals surface area contributed by atoms with Gasteiger partial charge in [0.05, 0.1) is 11.7 Å². The first-order valence-electron chi connectivity index (χ1n) is 7.88. The number of rotatable bonds is 4. The van der Waals surface area contributed by atoms with Gasteiger partial charge in [0.25, 0.3) is 0 Å². The van der Waals surface area contributed by atoms with Crippen LogP contribution in [0.15, 0.2) is 0 Å². The molecule has 2 unspecified atom stereocenters. The van der Waals surface area contributed by atoms with Crippen LogP contribution in [0.25, 0.3) is 0 Å². The Kier molecular flexibility index (Phi) is 3.92. The summed E-state index contributed by atoms with van der Waals surface area (Å²) in [5, 5.41) is 3.33. The highest BCUT2D eigenvalue weighted by Crippen LogP contribution is 2.43. The molecule has 1 N–H and O–H groups in total. The molecule has 3 heteroatoms. The molecule has 2 saturated heterocycles. The van der Waals surface area contributed by atoms with E-state index in [4.69, 9.17) is 4.74 Å². The first kappa shape index (κ1) is 12.9. The molecule has 104 valence electrons. The van der Waals surface area contributed by atoms with Crippen LogP contribution >= 0.6 is 0 Å². The summed E-state index contributed by atoms with van der Waals surface area (Å²) in [6.45, 7) is 3.59. The van der Waals surface area contributed by atoms with Gasteiger partial charge in [0.1, 0.15) is 0 Å². The topological polar surface area (TPSA) is 24.5 Å². The minimum Gasteiger partial charge on any atom is -0.370 e. The molecule has 3 fully saturated rings. The molecule has 1 saturated carbocycles. The van der Waals surface area contributed by atoms with Crippen molar-refractivity contribution in [3.8, 4) is 0 Å². The van der Waals surface area contributed by atoms with Crippen LogP contribution in [0.1, 0.15) is 51.4 Å². The second-order valence-corrected chi connectivity index (χ2v) is 6.52. The zero-order valence-electron chi connectivity index (χ0n) is 11.8. The molecular formula is C15H28N2O. The minimum atomic E-state index is 0.308. The van der Waals surface area contributed by atoms with E-state index in [1.165, 1.54) is 64.5 Å². The summed E-state index contributed by atoms with van der Waals surface area (Å²) in [7, 11) is 2.07. The van der Waals surface area contributed by atoms with E-state index in [9.17, 15) is 0 Å². The Bertz CT molecular complexity index is 276. The van der Waals surface area contributed by atoms with Crippen LogP contribution in [0.3, 0.4) is 0 Å². The van der Waals surface area contributed by atoms with Crippen molar-refractivity contribution in [1.82, 2.24) is 10.2 Å². The predicted molar refractivity (Wildman–Crippen MR) is 73.8 cm³/mol. The van der Waals surface area contributed by atoms with Gasteiger partial charge in [0, 0.05) is 19.1 Å². The highest BCUT2D eigenvalue weighted by molar-refractivity contribution is 4.94. The Hall–Kier alpha value is -0.120. The lowest BCUT2D eigenvalue weighted by Gasteiger charge is -2.29. The Balaban J connectivity index is 1.51. The molecule has 18 heavy (non-hydrogen) atoms. The van der Waals surface area contributed by atoms with Crippen LogP contribution in [-0.4, -0.2) is 49.3 Å². The maximum atomic E-state index is 6.44.